The summed E-state index contributed by atoms with van der Waals surface area (Å²) in [5, 5.41) is 3.42. The molecule has 1 heterocycles. The maximum atomic E-state index is 11.9. The van der Waals surface area contributed by atoms with Crippen LogP contribution in [0.3, 0.4) is 0 Å². The number of hydrazine groups is 1. The monoisotopic (exact) mass is 286 g/mol. The Labute approximate surface area is 120 Å². The van der Waals surface area contributed by atoms with Crippen LogP contribution >= 0.6 is 0 Å². The van der Waals surface area contributed by atoms with Gasteiger partial charge < -0.3 is 10.3 Å². The van der Waals surface area contributed by atoms with Gasteiger partial charge in [-0.05, 0) is 25.0 Å². The molecule has 7 heteroatoms. The third kappa shape index (κ3) is 3.02. The van der Waals surface area contributed by atoms with Crippen molar-refractivity contribution < 1.29 is 14.4 Å². The molecule has 1 saturated carbocycles. The van der Waals surface area contributed by atoms with Crippen molar-refractivity contribution in [3.63, 3.8) is 0 Å². The van der Waals surface area contributed by atoms with Gasteiger partial charge in [0.25, 0.3) is 5.91 Å². The van der Waals surface area contributed by atoms with E-state index >= 15 is 0 Å². The predicted molar refractivity (Wildman–Crippen MR) is 75.1 cm³/mol. The van der Waals surface area contributed by atoms with Crippen LogP contribution in [-0.4, -0.2) is 28.7 Å². The normalized spacial score (nSPS) is 13.7. The van der Waals surface area contributed by atoms with Crippen LogP contribution < -0.4 is 16.2 Å². The number of rotatable bonds is 2. The Morgan fingerprint density at radius 1 is 1.05 bits per heavy atom. The molecule has 0 bridgehead atoms. The van der Waals surface area contributed by atoms with Gasteiger partial charge in [-0.3, -0.25) is 25.2 Å². The first-order valence-electron chi connectivity index (χ1n) is 6.62. The van der Waals surface area contributed by atoms with E-state index in [0.717, 1.165) is 23.7 Å². The first-order valence-corrected chi connectivity index (χ1v) is 6.62. The fourth-order valence-corrected chi connectivity index (χ4v) is 1.91. The first-order chi connectivity index (χ1) is 10.1. The molecule has 3 rings (SSSR count). The fourth-order valence-electron chi connectivity index (χ4n) is 1.91. The highest BCUT2D eigenvalue weighted by molar-refractivity contribution is 6.35. The van der Waals surface area contributed by atoms with Crippen molar-refractivity contribution in [3.8, 4) is 0 Å². The van der Waals surface area contributed by atoms with E-state index in [4.69, 9.17) is 0 Å². The average Bonchev–Trinajstić information content (AvgIpc) is 3.18. The second kappa shape index (κ2) is 5.28. The molecule has 7 nitrogen and oxygen atoms in total. The van der Waals surface area contributed by atoms with Gasteiger partial charge in [-0.2, -0.15) is 0 Å². The molecule has 1 aromatic carbocycles. The van der Waals surface area contributed by atoms with E-state index in [2.05, 4.69) is 21.2 Å². The van der Waals surface area contributed by atoms with E-state index in [1.165, 1.54) is 0 Å². The van der Waals surface area contributed by atoms with Gasteiger partial charge in [0.2, 0.25) is 0 Å². The van der Waals surface area contributed by atoms with Crippen LogP contribution in [0.15, 0.2) is 30.3 Å². The second-order valence-electron chi connectivity index (χ2n) is 4.93. The number of hydrogen-bond donors (Lipinski definition) is 4. The number of aromatic nitrogens is 1. The van der Waals surface area contributed by atoms with Gasteiger partial charge in [0.05, 0.1) is 0 Å². The highest BCUT2D eigenvalue weighted by Gasteiger charge is 2.26. The molecule has 0 spiro atoms. The van der Waals surface area contributed by atoms with Crippen LogP contribution in [0.1, 0.15) is 23.3 Å². The van der Waals surface area contributed by atoms with Crippen LogP contribution in [0.4, 0.5) is 0 Å². The lowest BCUT2D eigenvalue weighted by atomic mass is 10.2. The third-order valence-electron chi connectivity index (χ3n) is 3.18. The Morgan fingerprint density at radius 3 is 2.52 bits per heavy atom. The summed E-state index contributed by atoms with van der Waals surface area (Å²) in [5.74, 6) is -2.14. The van der Waals surface area contributed by atoms with Crippen LogP contribution in [0.5, 0.6) is 0 Å². The van der Waals surface area contributed by atoms with E-state index in [0.29, 0.717) is 5.69 Å². The van der Waals surface area contributed by atoms with Gasteiger partial charge in [-0.25, -0.2) is 0 Å². The van der Waals surface area contributed by atoms with E-state index in [9.17, 15) is 14.4 Å². The third-order valence-corrected chi connectivity index (χ3v) is 3.18. The van der Waals surface area contributed by atoms with E-state index in [1.54, 1.807) is 6.07 Å². The highest BCUT2D eigenvalue weighted by Crippen LogP contribution is 2.18. The van der Waals surface area contributed by atoms with Crippen molar-refractivity contribution in [2.45, 2.75) is 18.9 Å². The van der Waals surface area contributed by atoms with Gasteiger partial charge in [-0.1, -0.05) is 18.2 Å². The van der Waals surface area contributed by atoms with Gasteiger partial charge in [0, 0.05) is 16.9 Å². The molecule has 1 aromatic heterocycles. The van der Waals surface area contributed by atoms with Gasteiger partial charge in [0.15, 0.2) is 0 Å². The van der Waals surface area contributed by atoms with Crippen LogP contribution in [0.25, 0.3) is 10.9 Å². The molecule has 0 saturated heterocycles. The van der Waals surface area contributed by atoms with Crippen molar-refractivity contribution in [1.29, 1.82) is 0 Å². The summed E-state index contributed by atoms with van der Waals surface area (Å²) in [4.78, 5) is 37.7. The Balaban J connectivity index is 1.58. The van der Waals surface area contributed by atoms with Crippen molar-refractivity contribution in [2.24, 2.45) is 0 Å². The molecule has 0 aliphatic heterocycles. The van der Waals surface area contributed by atoms with Crippen molar-refractivity contribution in [3.05, 3.63) is 36.0 Å². The molecule has 1 aliphatic rings. The van der Waals surface area contributed by atoms with E-state index < -0.39 is 17.7 Å². The van der Waals surface area contributed by atoms with Crippen molar-refractivity contribution in [1.82, 2.24) is 21.2 Å². The molecule has 1 aliphatic carbocycles. The van der Waals surface area contributed by atoms with Crippen molar-refractivity contribution in [2.75, 3.05) is 0 Å². The molecular weight excluding hydrogens is 272 g/mol. The topological polar surface area (TPSA) is 103 Å². The molecule has 3 amide bonds. The zero-order chi connectivity index (χ0) is 14.8. The zero-order valence-corrected chi connectivity index (χ0v) is 11.1. The van der Waals surface area contributed by atoms with Gasteiger partial charge >= 0.3 is 11.8 Å². The molecule has 2 aromatic rings. The fraction of sp³-hybridized carbons (Fsp3) is 0.214. The second-order valence-corrected chi connectivity index (χ2v) is 4.93. The SMILES string of the molecule is O=C(NNC(=O)c1cc2ccccc2[nH]1)C(=O)NC1CC1. The Hall–Kier alpha value is -2.83. The minimum Gasteiger partial charge on any atom is -0.350 e. The largest absolute Gasteiger partial charge is 0.350 e. The Kier molecular flexibility index (Phi) is 3.31. The van der Waals surface area contributed by atoms with Crippen LogP contribution in [0.2, 0.25) is 0 Å². The zero-order valence-electron chi connectivity index (χ0n) is 11.1. The maximum Gasteiger partial charge on any atom is 0.327 e. The number of carbonyl (C=O) groups is 3. The molecule has 0 radical (unpaired) electrons. The molecule has 108 valence electrons. The number of H-pyrrole nitrogens is 1. The predicted octanol–water partition coefficient (Wildman–Crippen LogP) is 0.207. The number of fused-ring (bicyclic) bond motifs is 1. The number of para-hydroxylation sites is 1. The number of amides is 3. The quantitative estimate of drug-likeness (QED) is 0.468. The summed E-state index contributed by atoms with van der Waals surface area (Å²) in [7, 11) is 0. The van der Waals surface area contributed by atoms with Crippen molar-refractivity contribution >= 4 is 28.6 Å². The lowest BCUT2D eigenvalue weighted by Crippen LogP contribution is -2.49. The van der Waals surface area contributed by atoms with E-state index in [-0.39, 0.29) is 6.04 Å². The summed E-state index contributed by atoms with van der Waals surface area (Å²) >= 11 is 0. The minimum absolute atomic E-state index is 0.0904. The molecule has 1 fully saturated rings. The standard InChI is InChI=1S/C14H14N4O3/c19-12(11-7-8-3-1-2-4-10(8)16-11)17-18-14(21)13(20)15-9-5-6-9/h1-4,7,9,16H,5-6H2,(H,15,20)(H,17,19)(H,18,21). The highest BCUT2D eigenvalue weighted by atomic mass is 16.2. The molecule has 4 N–H and O–H groups in total. The average molecular weight is 286 g/mol. The Bertz CT molecular complexity index is 685. The summed E-state index contributed by atoms with van der Waals surface area (Å²) in [6.45, 7) is 0. The smallest absolute Gasteiger partial charge is 0.327 e. The Morgan fingerprint density at radius 2 is 1.81 bits per heavy atom. The molecule has 21 heavy (non-hydrogen) atoms. The number of hydrogen-bond acceptors (Lipinski definition) is 3. The summed E-state index contributed by atoms with van der Waals surface area (Å²) in [5.41, 5.74) is 5.42. The number of nitrogens with one attached hydrogen (secondary N) is 4. The first kappa shape index (κ1) is 13.2. The number of aromatic amines is 1. The van der Waals surface area contributed by atoms with Crippen LogP contribution in [-0.2, 0) is 9.59 Å². The summed E-state index contributed by atoms with van der Waals surface area (Å²) < 4.78 is 0. The van der Waals surface area contributed by atoms with Gasteiger partial charge in [0.1, 0.15) is 5.69 Å². The molecular formula is C14H14N4O3. The number of carbonyl (C=O) groups excluding carboxylic acids is 3. The summed E-state index contributed by atoms with van der Waals surface area (Å²) in [6, 6.07) is 9.18. The minimum atomic E-state index is -0.883. The molecule has 0 atom stereocenters. The molecule has 0 unspecified atom stereocenters. The van der Waals surface area contributed by atoms with Gasteiger partial charge in [-0.15, -0.1) is 0 Å². The number of benzene rings is 1. The maximum absolute atomic E-state index is 11.9. The lowest BCUT2D eigenvalue weighted by Gasteiger charge is -2.06. The lowest BCUT2D eigenvalue weighted by molar-refractivity contribution is -0.139. The van der Waals surface area contributed by atoms with E-state index in [1.807, 2.05) is 24.3 Å². The van der Waals surface area contributed by atoms with Crippen LogP contribution in [0, 0.1) is 0 Å². The summed E-state index contributed by atoms with van der Waals surface area (Å²) in [6.07, 6.45) is 1.78.